The fourth-order valence-electron chi connectivity index (χ4n) is 10.2. The summed E-state index contributed by atoms with van der Waals surface area (Å²) < 4.78 is 6.01. The van der Waals surface area contributed by atoms with Gasteiger partial charge in [0.25, 0.3) is 0 Å². The molecule has 2 heteroatoms. The van der Waals surface area contributed by atoms with Gasteiger partial charge in [-0.3, -0.25) is 0 Å². The topological polar surface area (TPSA) is 29.5 Å². The van der Waals surface area contributed by atoms with E-state index in [1.807, 2.05) is 12.7 Å². The molecule has 1 N–H and O–H groups in total. The van der Waals surface area contributed by atoms with E-state index in [1.165, 1.54) is 44.9 Å². The van der Waals surface area contributed by atoms with Crippen molar-refractivity contribution in [3.8, 4) is 0 Å². The van der Waals surface area contributed by atoms with Gasteiger partial charge in [-0.25, -0.2) is 0 Å². The SMILES string of the molecule is CO[C@H]1CC[C@]2(C)C3=CC[C@]4(C)[C@@H]([C@H](C)CC[C@@](C)(O)C(C)(C)C)CC[C@@]4(C)[C@@H]3CC[C@H]2C1(C)C. The molecule has 0 heterocycles. The molecular weight excluding hydrogens is 428 g/mol. The van der Waals surface area contributed by atoms with Crippen molar-refractivity contribution in [1.82, 2.24) is 0 Å². The van der Waals surface area contributed by atoms with Gasteiger partial charge in [0.2, 0.25) is 0 Å². The molecule has 0 saturated heterocycles. The normalized spacial score (nSPS) is 45.5. The summed E-state index contributed by atoms with van der Waals surface area (Å²) in [6, 6.07) is 0. The highest BCUT2D eigenvalue weighted by molar-refractivity contribution is 5.32. The van der Waals surface area contributed by atoms with E-state index >= 15 is 0 Å². The molecule has 4 aliphatic rings. The smallest absolute Gasteiger partial charge is 0.0667 e. The highest BCUT2D eigenvalue weighted by Gasteiger charge is 2.65. The lowest BCUT2D eigenvalue weighted by atomic mass is 9.41. The molecule has 0 aromatic carbocycles. The lowest BCUT2D eigenvalue weighted by Crippen LogP contribution is -2.58. The van der Waals surface area contributed by atoms with Crippen molar-refractivity contribution in [2.24, 2.45) is 50.7 Å². The Labute approximate surface area is 218 Å². The van der Waals surface area contributed by atoms with Gasteiger partial charge in [0.15, 0.2) is 0 Å². The van der Waals surface area contributed by atoms with E-state index in [0.717, 1.165) is 30.6 Å². The zero-order valence-corrected chi connectivity index (χ0v) is 25.2. The van der Waals surface area contributed by atoms with Crippen LogP contribution in [0, 0.1) is 50.7 Å². The number of ether oxygens (including phenoxy) is 1. The summed E-state index contributed by atoms with van der Waals surface area (Å²) >= 11 is 0. The van der Waals surface area contributed by atoms with Gasteiger partial charge in [-0.1, -0.05) is 74.0 Å². The molecule has 3 fully saturated rings. The largest absolute Gasteiger partial charge is 0.390 e. The molecule has 9 atom stereocenters. The molecule has 0 aliphatic heterocycles. The minimum atomic E-state index is -0.607. The van der Waals surface area contributed by atoms with E-state index in [1.54, 1.807) is 0 Å². The van der Waals surface area contributed by atoms with E-state index in [4.69, 9.17) is 4.74 Å². The molecule has 0 aromatic heterocycles. The Kier molecular flexibility index (Phi) is 6.79. The standard InChI is InChI=1S/C33H58O2/c1-22(14-21-33(10,34)28(2,3)4)23-15-19-32(9)25-12-13-26-29(5,6)27(35-11)17-18-30(26,7)24(25)16-20-31(23,32)8/h16,22-23,25-27,34H,12-15,17-21H2,1-11H3/t22-,23-,25-,26+,27+,30-,31-,32+,33-/m1/s1. The summed E-state index contributed by atoms with van der Waals surface area (Å²) in [6.07, 6.45) is 14.4. The van der Waals surface area contributed by atoms with Gasteiger partial charge in [0.05, 0.1) is 11.7 Å². The minimum Gasteiger partial charge on any atom is -0.390 e. The maximum atomic E-state index is 11.1. The van der Waals surface area contributed by atoms with Crippen LogP contribution >= 0.6 is 0 Å². The number of allylic oxidation sites excluding steroid dienone is 2. The van der Waals surface area contributed by atoms with Gasteiger partial charge in [0.1, 0.15) is 0 Å². The van der Waals surface area contributed by atoms with Crippen molar-refractivity contribution < 1.29 is 9.84 Å². The summed E-state index contributed by atoms with van der Waals surface area (Å²) in [6.45, 7) is 24.0. The third-order valence-corrected chi connectivity index (χ3v) is 13.5. The van der Waals surface area contributed by atoms with Crippen LogP contribution in [0.25, 0.3) is 0 Å². The molecule has 3 saturated carbocycles. The van der Waals surface area contributed by atoms with Gasteiger partial charge < -0.3 is 9.84 Å². The summed E-state index contributed by atoms with van der Waals surface area (Å²) in [5.74, 6) is 2.88. The van der Waals surface area contributed by atoms with Crippen molar-refractivity contribution in [3.05, 3.63) is 11.6 Å². The summed E-state index contributed by atoms with van der Waals surface area (Å²) in [5, 5.41) is 11.1. The predicted molar refractivity (Wildman–Crippen MR) is 148 cm³/mol. The average Bonchev–Trinajstić information content (AvgIpc) is 3.02. The van der Waals surface area contributed by atoms with Crippen LogP contribution in [0.1, 0.15) is 127 Å². The van der Waals surface area contributed by atoms with Gasteiger partial charge in [-0.05, 0) is 115 Å². The Morgan fingerprint density at radius 2 is 1.63 bits per heavy atom. The highest BCUT2D eigenvalue weighted by Crippen LogP contribution is 2.73. The van der Waals surface area contributed by atoms with Crippen molar-refractivity contribution in [3.63, 3.8) is 0 Å². The Hall–Kier alpha value is -0.340. The van der Waals surface area contributed by atoms with Crippen LogP contribution in [-0.2, 0) is 4.74 Å². The molecule has 4 rings (SSSR count). The zero-order chi connectivity index (χ0) is 26.2. The number of hydrogen-bond donors (Lipinski definition) is 1. The molecular formula is C33H58O2. The zero-order valence-electron chi connectivity index (χ0n) is 25.2. The quantitative estimate of drug-likeness (QED) is 0.393. The van der Waals surface area contributed by atoms with E-state index in [0.29, 0.717) is 28.3 Å². The van der Waals surface area contributed by atoms with Gasteiger partial charge >= 0.3 is 0 Å². The average molecular weight is 487 g/mol. The maximum absolute atomic E-state index is 11.1. The van der Waals surface area contributed by atoms with Crippen LogP contribution in [0.2, 0.25) is 0 Å². The number of methoxy groups -OCH3 is 1. The van der Waals surface area contributed by atoms with E-state index in [-0.39, 0.29) is 10.8 Å². The lowest BCUT2D eigenvalue weighted by molar-refractivity contribution is -0.130. The van der Waals surface area contributed by atoms with Crippen molar-refractivity contribution in [1.29, 1.82) is 0 Å². The second-order valence-electron chi connectivity index (χ2n) is 16.1. The third-order valence-electron chi connectivity index (χ3n) is 13.5. The second-order valence-corrected chi connectivity index (χ2v) is 16.1. The highest BCUT2D eigenvalue weighted by atomic mass is 16.5. The van der Waals surface area contributed by atoms with Crippen LogP contribution < -0.4 is 0 Å². The fraction of sp³-hybridized carbons (Fsp3) is 0.939. The van der Waals surface area contributed by atoms with E-state index in [2.05, 4.69) is 75.3 Å². The predicted octanol–water partition coefficient (Wildman–Crippen LogP) is 8.82. The maximum Gasteiger partial charge on any atom is 0.0667 e. The van der Waals surface area contributed by atoms with Crippen LogP contribution in [0.4, 0.5) is 0 Å². The molecule has 4 aliphatic carbocycles. The monoisotopic (exact) mass is 486 g/mol. The number of fused-ring (bicyclic) bond motifs is 5. The number of rotatable bonds is 5. The first-order valence-electron chi connectivity index (χ1n) is 14.9. The fourth-order valence-corrected chi connectivity index (χ4v) is 10.2. The van der Waals surface area contributed by atoms with Crippen LogP contribution in [0.5, 0.6) is 0 Å². The minimum absolute atomic E-state index is 0.0764. The molecule has 0 unspecified atom stereocenters. The first-order valence-corrected chi connectivity index (χ1v) is 14.9. The van der Waals surface area contributed by atoms with Crippen LogP contribution in [0.3, 0.4) is 0 Å². The van der Waals surface area contributed by atoms with Crippen molar-refractivity contribution in [2.45, 2.75) is 139 Å². The first-order chi connectivity index (χ1) is 16.0. The van der Waals surface area contributed by atoms with Crippen molar-refractivity contribution in [2.75, 3.05) is 7.11 Å². The molecule has 0 radical (unpaired) electrons. The Bertz CT molecular complexity index is 831. The van der Waals surface area contributed by atoms with Gasteiger partial charge in [-0.2, -0.15) is 0 Å². The van der Waals surface area contributed by atoms with E-state index < -0.39 is 5.60 Å². The molecule has 202 valence electrons. The summed E-state index contributed by atoms with van der Waals surface area (Å²) in [5.41, 5.74) is 2.50. The van der Waals surface area contributed by atoms with Gasteiger partial charge in [-0.15, -0.1) is 0 Å². The molecule has 2 nitrogen and oxygen atoms in total. The Morgan fingerprint density at radius 1 is 0.971 bits per heavy atom. The first kappa shape index (κ1) is 27.7. The summed E-state index contributed by atoms with van der Waals surface area (Å²) in [4.78, 5) is 0. The Balaban J connectivity index is 1.59. The van der Waals surface area contributed by atoms with E-state index in [9.17, 15) is 5.11 Å². The van der Waals surface area contributed by atoms with Crippen LogP contribution in [0.15, 0.2) is 11.6 Å². The number of hydrogen-bond acceptors (Lipinski definition) is 2. The molecule has 35 heavy (non-hydrogen) atoms. The van der Waals surface area contributed by atoms with Gasteiger partial charge in [0, 0.05) is 7.11 Å². The van der Waals surface area contributed by atoms with Crippen molar-refractivity contribution >= 4 is 0 Å². The Morgan fingerprint density at radius 3 is 2.23 bits per heavy atom. The molecule has 0 amide bonds. The molecule has 0 aromatic rings. The molecule has 0 spiro atoms. The summed E-state index contributed by atoms with van der Waals surface area (Å²) in [7, 11) is 1.92. The van der Waals surface area contributed by atoms with Crippen LogP contribution in [-0.4, -0.2) is 23.9 Å². The molecule has 0 bridgehead atoms. The third kappa shape index (κ3) is 3.93. The second kappa shape index (κ2) is 8.59. The lowest BCUT2D eigenvalue weighted by Gasteiger charge is -2.64. The number of aliphatic hydroxyl groups is 1.